The topological polar surface area (TPSA) is 29.1 Å². The van der Waals surface area contributed by atoms with Crippen molar-refractivity contribution in [2.45, 2.75) is 40.0 Å². The van der Waals surface area contributed by atoms with Crippen LogP contribution in [0.3, 0.4) is 0 Å². The van der Waals surface area contributed by atoms with Gasteiger partial charge in [-0.2, -0.15) is 0 Å². The van der Waals surface area contributed by atoms with E-state index in [1.807, 2.05) is 13.8 Å². The van der Waals surface area contributed by atoms with Crippen molar-refractivity contribution in [1.29, 1.82) is 0 Å². The van der Waals surface area contributed by atoms with E-state index in [0.29, 0.717) is 5.78 Å². The summed E-state index contributed by atoms with van der Waals surface area (Å²) in [5.41, 5.74) is -0.0249. The van der Waals surface area contributed by atoms with Crippen molar-refractivity contribution in [3.8, 4) is 0 Å². The van der Waals surface area contributed by atoms with Crippen LogP contribution in [-0.4, -0.2) is 18.9 Å². The first-order chi connectivity index (χ1) is 6.12. The van der Waals surface area contributed by atoms with E-state index in [2.05, 4.69) is 12.2 Å². The number of hydrogen-bond acceptors (Lipinski definition) is 2. The molecule has 2 heteroatoms. The van der Waals surface area contributed by atoms with Crippen molar-refractivity contribution in [2.75, 3.05) is 13.1 Å². The molecule has 1 atom stereocenters. The fourth-order valence-corrected chi connectivity index (χ4v) is 2.38. The zero-order valence-electron chi connectivity index (χ0n) is 9.02. The van der Waals surface area contributed by atoms with Crippen LogP contribution in [0, 0.1) is 11.3 Å². The molecule has 0 radical (unpaired) electrons. The summed E-state index contributed by atoms with van der Waals surface area (Å²) in [7, 11) is 0. The predicted molar refractivity (Wildman–Crippen MR) is 54.7 cm³/mol. The number of Topliss-reactive ketones (excluding diaryl/α,β-unsaturated/α-hetero) is 1. The van der Waals surface area contributed by atoms with Crippen LogP contribution in [-0.2, 0) is 4.79 Å². The molecule has 2 nitrogen and oxygen atoms in total. The number of ketones is 1. The lowest BCUT2D eigenvalue weighted by molar-refractivity contribution is -0.131. The van der Waals surface area contributed by atoms with E-state index in [-0.39, 0.29) is 11.3 Å². The highest BCUT2D eigenvalue weighted by molar-refractivity contribution is 5.87. The average Bonchev–Trinajstić information content (AvgIpc) is 2.53. The SMILES string of the molecule is CCCC1(C(=O)C(C)C)CCNC1. The molecule has 13 heavy (non-hydrogen) atoms. The van der Waals surface area contributed by atoms with Gasteiger partial charge in [0.25, 0.3) is 0 Å². The lowest BCUT2D eigenvalue weighted by Crippen LogP contribution is -2.36. The Labute approximate surface area is 81.1 Å². The highest BCUT2D eigenvalue weighted by atomic mass is 16.1. The first kappa shape index (κ1) is 10.7. The monoisotopic (exact) mass is 183 g/mol. The van der Waals surface area contributed by atoms with Crippen LogP contribution in [0.4, 0.5) is 0 Å². The average molecular weight is 183 g/mol. The van der Waals surface area contributed by atoms with Gasteiger partial charge in [-0.25, -0.2) is 0 Å². The second-order valence-corrected chi connectivity index (χ2v) is 4.48. The molecule has 0 saturated carbocycles. The fourth-order valence-electron chi connectivity index (χ4n) is 2.38. The molecule has 0 bridgehead atoms. The van der Waals surface area contributed by atoms with Crippen LogP contribution in [0.15, 0.2) is 0 Å². The van der Waals surface area contributed by atoms with Crippen molar-refractivity contribution in [3.05, 3.63) is 0 Å². The van der Waals surface area contributed by atoms with Crippen molar-refractivity contribution in [3.63, 3.8) is 0 Å². The number of rotatable bonds is 4. The third-order valence-electron chi connectivity index (χ3n) is 3.02. The van der Waals surface area contributed by atoms with Gasteiger partial charge in [0.2, 0.25) is 0 Å². The van der Waals surface area contributed by atoms with Gasteiger partial charge in [-0.05, 0) is 19.4 Å². The molecule has 76 valence electrons. The van der Waals surface area contributed by atoms with Crippen molar-refractivity contribution < 1.29 is 4.79 Å². The van der Waals surface area contributed by atoms with Crippen LogP contribution in [0.25, 0.3) is 0 Å². The molecule has 1 saturated heterocycles. The van der Waals surface area contributed by atoms with E-state index >= 15 is 0 Å². The minimum absolute atomic E-state index is 0.0249. The molecular formula is C11H21NO. The molecule has 0 aromatic heterocycles. The molecule has 1 N–H and O–H groups in total. The van der Waals surface area contributed by atoms with Crippen LogP contribution in [0.5, 0.6) is 0 Å². The Morgan fingerprint density at radius 2 is 2.23 bits per heavy atom. The highest BCUT2D eigenvalue weighted by Gasteiger charge is 2.40. The van der Waals surface area contributed by atoms with Gasteiger partial charge >= 0.3 is 0 Å². The molecule has 1 aliphatic rings. The third kappa shape index (κ3) is 2.11. The summed E-state index contributed by atoms with van der Waals surface area (Å²) in [6.07, 6.45) is 3.20. The van der Waals surface area contributed by atoms with Gasteiger partial charge in [0.15, 0.2) is 0 Å². The zero-order valence-corrected chi connectivity index (χ0v) is 9.02. The maximum atomic E-state index is 12.0. The standard InChI is InChI=1S/C11H21NO/c1-4-5-11(6-7-12-8-11)10(13)9(2)3/h9,12H,4-8H2,1-3H3. The second-order valence-electron chi connectivity index (χ2n) is 4.48. The Balaban J connectivity index is 2.71. The minimum atomic E-state index is -0.0249. The van der Waals surface area contributed by atoms with Gasteiger partial charge in [0, 0.05) is 17.9 Å². The smallest absolute Gasteiger partial charge is 0.142 e. The van der Waals surface area contributed by atoms with Gasteiger partial charge in [0.05, 0.1) is 0 Å². The van der Waals surface area contributed by atoms with E-state index in [1.54, 1.807) is 0 Å². The quantitative estimate of drug-likeness (QED) is 0.722. The number of nitrogens with one attached hydrogen (secondary N) is 1. The summed E-state index contributed by atoms with van der Waals surface area (Å²) in [6, 6.07) is 0. The minimum Gasteiger partial charge on any atom is -0.316 e. The molecule has 0 spiro atoms. The van der Waals surface area contributed by atoms with Gasteiger partial charge in [-0.1, -0.05) is 27.2 Å². The Kier molecular flexibility index (Phi) is 3.48. The molecule has 1 unspecified atom stereocenters. The number of hydrogen-bond donors (Lipinski definition) is 1. The Hall–Kier alpha value is -0.370. The molecule has 0 amide bonds. The Bertz CT molecular complexity index is 181. The Morgan fingerprint density at radius 1 is 1.54 bits per heavy atom. The van der Waals surface area contributed by atoms with Crippen LogP contribution >= 0.6 is 0 Å². The van der Waals surface area contributed by atoms with Gasteiger partial charge in [-0.15, -0.1) is 0 Å². The van der Waals surface area contributed by atoms with Crippen LogP contribution < -0.4 is 5.32 Å². The molecule has 1 fully saturated rings. The Morgan fingerprint density at radius 3 is 2.62 bits per heavy atom. The van der Waals surface area contributed by atoms with Crippen molar-refractivity contribution >= 4 is 5.78 Å². The predicted octanol–water partition coefficient (Wildman–Crippen LogP) is 1.99. The third-order valence-corrected chi connectivity index (χ3v) is 3.02. The van der Waals surface area contributed by atoms with E-state index in [4.69, 9.17) is 0 Å². The summed E-state index contributed by atoms with van der Waals surface area (Å²) in [6.45, 7) is 8.10. The molecule has 0 aliphatic carbocycles. The maximum Gasteiger partial charge on any atom is 0.142 e. The summed E-state index contributed by atoms with van der Waals surface area (Å²) < 4.78 is 0. The van der Waals surface area contributed by atoms with E-state index < -0.39 is 0 Å². The lowest BCUT2D eigenvalue weighted by atomic mass is 9.75. The zero-order chi connectivity index (χ0) is 9.90. The van der Waals surface area contributed by atoms with Crippen LogP contribution in [0.1, 0.15) is 40.0 Å². The van der Waals surface area contributed by atoms with Gasteiger partial charge in [0.1, 0.15) is 5.78 Å². The second kappa shape index (κ2) is 4.23. The first-order valence-electron chi connectivity index (χ1n) is 5.37. The molecule has 0 aromatic carbocycles. The van der Waals surface area contributed by atoms with Crippen LogP contribution in [0.2, 0.25) is 0 Å². The number of carbonyl (C=O) groups is 1. The summed E-state index contributed by atoms with van der Waals surface area (Å²) in [4.78, 5) is 12.0. The van der Waals surface area contributed by atoms with Gasteiger partial charge < -0.3 is 5.32 Å². The summed E-state index contributed by atoms with van der Waals surface area (Å²) in [5.74, 6) is 0.644. The largest absolute Gasteiger partial charge is 0.316 e. The van der Waals surface area contributed by atoms with E-state index in [9.17, 15) is 4.79 Å². The number of carbonyl (C=O) groups excluding carboxylic acids is 1. The molecule has 1 heterocycles. The molecule has 1 aliphatic heterocycles. The highest BCUT2D eigenvalue weighted by Crippen LogP contribution is 2.34. The van der Waals surface area contributed by atoms with E-state index in [1.165, 1.54) is 0 Å². The summed E-state index contributed by atoms with van der Waals surface area (Å²) >= 11 is 0. The van der Waals surface area contributed by atoms with Gasteiger partial charge in [-0.3, -0.25) is 4.79 Å². The normalized spacial score (nSPS) is 28.3. The molecule has 1 rings (SSSR count). The van der Waals surface area contributed by atoms with Crippen molar-refractivity contribution in [2.24, 2.45) is 11.3 Å². The lowest BCUT2D eigenvalue weighted by Gasteiger charge is -2.27. The van der Waals surface area contributed by atoms with E-state index in [0.717, 1.165) is 32.4 Å². The van der Waals surface area contributed by atoms with Crippen molar-refractivity contribution in [1.82, 2.24) is 5.32 Å². The fraction of sp³-hybridized carbons (Fsp3) is 0.909. The summed E-state index contributed by atoms with van der Waals surface area (Å²) in [5, 5.41) is 3.31. The molecular weight excluding hydrogens is 162 g/mol. The first-order valence-corrected chi connectivity index (χ1v) is 5.37. The molecule has 0 aromatic rings. The maximum absolute atomic E-state index is 12.0.